The summed E-state index contributed by atoms with van der Waals surface area (Å²) in [7, 11) is 1.76. The zero-order valence-corrected chi connectivity index (χ0v) is 19.1. The van der Waals surface area contributed by atoms with Crippen LogP contribution in [0.1, 0.15) is 60.3 Å². The SMILES string of the molecule is CCNC(=NCCCN(C(C)C)C(C)C)NCCCCCOC.I. The normalized spacial score (nSPS) is 12.0. The van der Waals surface area contributed by atoms with Crippen LogP contribution in [-0.2, 0) is 4.74 Å². The van der Waals surface area contributed by atoms with E-state index in [2.05, 4.69) is 55.1 Å². The van der Waals surface area contributed by atoms with Crippen LogP contribution in [0.15, 0.2) is 4.99 Å². The molecule has 0 aliphatic carbocycles. The summed E-state index contributed by atoms with van der Waals surface area (Å²) >= 11 is 0. The van der Waals surface area contributed by atoms with Crippen molar-refractivity contribution in [3.63, 3.8) is 0 Å². The number of aliphatic imine (C=N–C) groups is 1. The molecule has 0 aromatic carbocycles. The first-order valence-corrected chi connectivity index (χ1v) is 9.29. The molecule has 24 heavy (non-hydrogen) atoms. The van der Waals surface area contributed by atoms with Crippen LogP contribution in [0.4, 0.5) is 0 Å². The fourth-order valence-corrected chi connectivity index (χ4v) is 2.65. The number of halogens is 1. The topological polar surface area (TPSA) is 48.9 Å². The molecule has 2 N–H and O–H groups in total. The molecular formula is C18H41IN4O. The van der Waals surface area contributed by atoms with E-state index in [4.69, 9.17) is 4.74 Å². The van der Waals surface area contributed by atoms with Crippen molar-refractivity contribution in [1.82, 2.24) is 15.5 Å². The average molecular weight is 456 g/mol. The van der Waals surface area contributed by atoms with Crippen LogP contribution >= 0.6 is 24.0 Å². The van der Waals surface area contributed by atoms with Crippen LogP contribution in [0.25, 0.3) is 0 Å². The fraction of sp³-hybridized carbons (Fsp3) is 0.944. The second-order valence-corrected chi connectivity index (χ2v) is 6.52. The van der Waals surface area contributed by atoms with E-state index in [1.54, 1.807) is 7.11 Å². The van der Waals surface area contributed by atoms with Crippen LogP contribution in [0.3, 0.4) is 0 Å². The maximum absolute atomic E-state index is 5.07. The maximum Gasteiger partial charge on any atom is 0.191 e. The number of unbranched alkanes of at least 4 members (excludes halogenated alkanes) is 2. The van der Waals surface area contributed by atoms with Gasteiger partial charge >= 0.3 is 0 Å². The molecule has 0 aliphatic heterocycles. The Bertz CT molecular complexity index is 291. The van der Waals surface area contributed by atoms with E-state index in [1.165, 1.54) is 6.42 Å². The van der Waals surface area contributed by atoms with Gasteiger partial charge in [-0.1, -0.05) is 0 Å². The zero-order chi connectivity index (χ0) is 17.5. The van der Waals surface area contributed by atoms with Crippen molar-refractivity contribution in [3.8, 4) is 0 Å². The lowest BCUT2D eigenvalue weighted by Gasteiger charge is -2.30. The molecule has 0 aliphatic rings. The first-order chi connectivity index (χ1) is 11.0. The molecule has 0 aromatic rings. The van der Waals surface area contributed by atoms with E-state index in [0.29, 0.717) is 12.1 Å². The highest BCUT2D eigenvalue weighted by atomic mass is 127. The highest BCUT2D eigenvalue weighted by molar-refractivity contribution is 14.0. The molecular weight excluding hydrogens is 415 g/mol. The lowest BCUT2D eigenvalue weighted by atomic mass is 10.2. The van der Waals surface area contributed by atoms with Crippen molar-refractivity contribution in [2.24, 2.45) is 4.99 Å². The van der Waals surface area contributed by atoms with E-state index in [1.807, 2.05) is 0 Å². The molecule has 0 fully saturated rings. The first kappa shape index (κ1) is 26.2. The standard InChI is InChI=1S/C18H40N4O.HI/c1-7-19-18(20-12-9-8-10-15-23-6)21-13-11-14-22(16(2)3)17(4)5;/h16-17H,7-15H2,1-6H3,(H2,19,20,21);1H. The highest BCUT2D eigenvalue weighted by Crippen LogP contribution is 2.05. The summed E-state index contributed by atoms with van der Waals surface area (Å²) in [6.07, 6.45) is 4.58. The van der Waals surface area contributed by atoms with Gasteiger partial charge in [0.1, 0.15) is 0 Å². The Hall–Kier alpha value is -0.0800. The van der Waals surface area contributed by atoms with Gasteiger partial charge in [0.05, 0.1) is 0 Å². The van der Waals surface area contributed by atoms with Gasteiger partial charge in [0.25, 0.3) is 0 Å². The molecule has 5 nitrogen and oxygen atoms in total. The van der Waals surface area contributed by atoms with Gasteiger partial charge in [-0.2, -0.15) is 0 Å². The third-order valence-corrected chi connectivity index (χ3v) is 3.83. The predicted molar refractivity (Wildman–Crippen MR) is 117 cm³/mol. The maximum atomic E-state index is 5.07. The number of nitrogens with zero attached hydrogens (tertiary/aromatic N) is 2. The van der Waals surface area contributed by atoms with E-state index < -0.39 is 0 Å². The molecule has 0 radical (unpaired) electrons. The van der Waals surface area contributed by atoms with Crippen molar-refractivity contribution in [1.29, 1.82) is 0 Å². The van der Waals surface area contributed by atoms with Gasteiger partial charge in [-0.05, 0) is 60.3 Å². The van der Waals surface area contributed by atoms with Gasteiger partial charge < -0.3 is 15.4 Å². The number of ether oxygens (including phenoxy) is 1. The molecule has 0 atom stereocenters. The Balaban J connectivity index is 0. The Kier molecular flexibility index (Phi) is 19.3. The molecule has 0 unspecified atom stereocenters. The number of hydrogen-bond acceptors (Lipinski definition) is 3. The quantitative estimate of drug-likeness (QED) is 0.193. The first-order valence-electron chi connectivity index (χ1n) is 9.29. The lowest BCUT2D eigenvalue weighted by Crippen LogP contribution is -2.39. The summed E-state index contributed by atoms with van der Waals surface area (Å²) in [5.41, 5.74) is 0. The van der Waals surface area contributed by atoms with Crippen molar-refractivity contribution in [3.05, 3.63) is 0 Å². The van der Waals surface area contributed by atoms with Gasteiger partial charge in [0.2, 0.25) is 0 Å². The summed E-state index contributed by atoms with van der Waals surface area (Å²) in [5.74, 6) is 0.944. The third kappa shape index (κ3) is 14.3. The number of nitrogens with one attached hydrogen (secondary N) is 2. The molecule has 0 spiro atoms. The molecule has 0 amide bonds. The smallest absolute Gasteiger partial charge is 0.191 e. The van der Waals surface area contributed by atoms with Crippen LogP contribution in [0, 0.1) is 0 Å². The van der Waals surface area contributed by atoms with Crippen molar-refractivity contribution in [2.45, 2.75) is 72.4 Å². The van der Waals surface area contributed by atoms with E-state index >= 15 is 0 Å². The summed E-state index contributed by atoms with van der Waals surface area (Å²) in [6, 6.07) is 1.19. The fourth-order valence-electron chi connectivity index (χ4n) is 2.65. The second-order valence-electron chi connectivity index (χ2n) is 6.52. The zero-order valence-electron chi connectivity index (χ0n) is 16.7. The molecule has 0 aromatic heterocycles. The molecule has 146 valence electrons. The summed E-state index contributed by atoms with van der Waals surface area (Å²) in [4.78, 5) is 7.20. The van der Waals surface area contributed by atoms with Crippen LogP contribution in [0.5, 0.6) is 0 Å². The van der Waals surface area contributed by atoms with E-state index in [-0.39, 0.29) is 24.0 Å². The number of rotatable bonds is 13. The summed E-state index contributed by atoms with van der Waals surface area (Å²) in [6.45, 7) is 15.9. The minimum absolute atomic E-state index is 0. The second kappa shape index (κ2) is 17.7. The van der Waals surface area contributed by atoms with Crippen molar-refractivity contribution in [2.75, 3.05) is 39.9 Å². The highest BCUT2D eigenvalue weighted by Gasteiger charge is 2.12. The summed E-state index contributed by atoms with van der Waals surface area (Å²) in [5, 5.41) is 6.73. The Morgan fingerprint density at radius 1 is 1.00 bits per heavy atom. The molecule has 0 rings (SSSR count). The number of hydrogen-bond donors (Lipinski definition) is 2. The van der Waals surface area contributed by atoms with Crippen LogP contribution in [0.2, 0.25) is 0 Å². The van der Waals surface area contributed by atoms with Gasteiger partial charge in [0.15, 0.2) is 5.96 Å². The Labute approximate surface area is 167 Å². The molecule has 0 bridgehead atoms. The minimum atomic E-state index is 0. The molecule has 6 heteroatoms. The van der Waals surface area contributed by atoms with Crippen molar-refractivity contribution < 1.29 is 4.74 Å². The minimum Gasteiger partial charge on any atom is -0.385 e. The molecule has 0 saturated heterocycles. The van der Waals surface area contributed by atoms with E-state index in [0.717, 1.165) is 58.0 Å². The Morgan fingerprint density at radius 2 is 1.67 bits per heavy atom. The third-order valence-electron chi connectivity index (χ3n) is 3.83. The van der Waals surface area contributed by atoms with Gasteiger partial charge in [-0.15, -0.1) is 24.0 Å². The van der Waals surface area contributed by atoms with E-state index in [9.17, 15) is 0 Å². The van der Waals surface area contributed by atoms with Crippen LogP contribution < -0.4 is 10.6 Å². The van der Waals surface area contributed by atoms with Gasteiger partial charge in [0, 0.05) is 52.0 Å². The molecule has 0 heterocycles. The number of methoxy groups -OCH3 is 1. The Morgan fingerprint density at radius 3 is 2.21 bits per heavy atom. The number of guanidine groups is 1. The molecule has 0 saturated carbocycles. The monoisotopic (exact) mass is 456 g/mol. The summed E-state index contributed by atoms with van der Waals surface area (Å²) < 4.78 is 5.07. The lowest BCUT2D eigenvalue weighted by molar-refractivity contribution is 0.174. The largest absolute Gasteiger partial charge is 0.385 e. The van der Waals surface area contributed by atoms with Gasteiger partial charge in [-0.3, -0.25) is 9.89 Å². The van der Waals surface area contributed by atoms with Gasteiger partial charge in [-0.25, -0.2) is 0 Å². The van der Waals surface area contributed by atoms with Crippen LogP contribution in [-0.4, -0.2) is 62.8 Å². The van der Waals surface area contributed by atoms with Crippen molar-refractivity contribution >= 4 is 29.9 Å². The average Bonchev–Trinajstić information content (AvgIpc) is 2.49. The predicted octanol–water partition coefficient (Wildman–Crippen LogP) is 3.49.